The predicted octanol–water partition coefficient (Wildman–Crippen LogP) is 0.978. The third-order valence-electron chi connectivity index (χ3n) is 0.337. The molecule has 0 spiro atoms. The van der Waals surface area contributed by atoms with E-state index in [0.717, 1.165) is 0 Å². The number of thiocarbonyl (C=S) groups is 1. The third kappa shape index (κ3) is 10.3. The normalized spacial score (nSPS) is 8.00. The van der Waals surface area contributed by atoms with Crippen LogP contribution in [0.2, 0.25) is 0 Å². The van der Waals surface area contributed by atoms with Gasteiger partial charge in [-0.15, -0.1) is 0 Å². The Labute approximate surface area is 82.9 Å². The van der Waals surface area contributed by atoms with Gasteiger partial charge < -0.3 is 4.74 Å². The van der Waals surface area contributed by atoms with Crippen LogP contribution in [0.25, 0.3) is 0 Å². The van der Waals surface area contributed by atoms with Gasteiger partial charge in [-0.25, -0.2) is 0 Å². The fourth-order valence-electron chi connectivity index (χ4n) is 0.202. The molecule has 0 aromatic carbocycles. The summed E-state index contributed by atoms with van der Waals surface area (Å²) in [5, 5.41) is 0. The van der Waals surface area contributed by atoms with Crippen LogP contribution in [0.4, 0.5) is 0 Å². The van der Waals surface area contributed by atoms with E-state index in [2.05, 4.69) is 24.8 Å². The van der Waals surface area contributed by atoms with Crippen molar-refractivity contribution in [3.63, 3.8) is 0 Å². The van der Waals surface area contributed by atoms with Crippen LogP contribution in [0.5, 0.6) is 0 Å². The Morgan fingerprint density at radius 1 is 1.62 bits per heavy atom. The van der Waals surface area contributed by atoms with Crippen molar-refractivity contribution in [1.82, 2.24) is 0 Å². The van der Waals surface area contributed by atoms with Crippen molar-refractivity contribution in [2.45, 2.75) is 20.0 Å². The molecule has 0 heterocycles. The molecule has 4 heteroatoms. The van der Waals surface area contributed by atoms with E-state index in [-0.39, 0.29) is 35.7 Å². The molecule has 8 heavy (non-hydrogen) atoms. The number of ether oxygens (including phenoxy) is 1. The van der Waals surface area contributed by atoms with Gasteiger partial charge in [0.25, 0.3) is 0 Å². The Hall–Kier alpha value is 1.24. The minimum absolute atomic E-state index is 0. The summed E-state index contributed by atoms with van der Waals surface area (Å²) in [6, 6.07) is 0. The van der Waals surface area contributed by atoms with Crippen LogP contribution in [0, 0.1) is 0 Å². The molecule has 0 radical (unpaired) electrons. The zero-order valence-electron chi connectivity index (χ0n) is 4.34. The average Bonchev–Trinajstić information content (AvgIpc) is 1.27. The van der Waals surface area contributed by atoms with Crippen molar-refractivity contribution in [2.24, 2.45) is 0 Å². The Morgan fingerprint density at radius 3 is 2.00 bits per heavy atom. The number of thiol groups is 1. The quantitative estimate of drug-likeness (QED) is 0.348. The molecule has 1 nitrogen and oxygen atoms in total. The molecule has 0 fully saturated rings. The van der Waals surface area contributed by atoms with Gasteiger partial charge in [0.2, 0.25) is 4.38 Å². The molecular weight excluding hydrogens is 151 g/mol. The molecule has 0 saturated carbocycles. The monoisotopic (exact) mass is 160 g/mol. The maximum atomic E-state index is 4.85. The molecule has 0 aromatic rings. The molecule has 0 N–H and O–H groups in total. The first-order chi connectivity index (χ1) is 3.13. The second-order valence-corrected chi connectivity index (χ2v) is 2.51. The summed E-state index contributed by atoms with van der Waals surface area (Å²) in [6.07, 6.45) is 0.157. The Bertz CT molecular complexity index is 74.4. The fourth-order valence-corrected chi connectivity index (χ4v) is 0.605. The topological polar surface area (TPSA) is 9.23 Å². The van der Waals surface area contributed by atoms with Gasteiger partial charge in [0.15, 0.2) is 0 Å². The first-order valence-electron chi connectivity index (χ1n) is 2.02. The van der Waals surface area contributed by atoms with E-state index in [1.807, 2.05) is 13.8 Å². The van der Waals surface area contributed by atoms with Crippen molar-refractivity contribution in [3.8, 4) is 0 Å². The summed E-state index contributed by atoms with van der Waals surface area (Å²) < 4.78 is 5.16. The van der Waals surface area contributed by atoms with Crippen LogP contribution in [0.3, 0.4) is 0 Å². The Morgan fingerprint density at radius 2 is 2.00 bits per heavy atom. The van der Waals surface area contributed by atoms with E-state index in [4.69, 9.17) is 4.74 Å². The molecule has 0 aliphatic heterocycles. The summed E-state index contributed by atoms with van der Waals surface area (Å²) in [5.74, 6) is 0. The first-order valence-corrected chi connectivity index (χ1v) is 2.88. The SMILES string of the molecule is CC(C)OC(=S)S.[NaH]. The standard InChI is InChI=1S/C4H8OS2.Na.H/c1-3(2)5-4(6)7;;/h3H,1-2H3,(H,6,7);;. The Kier molecular flexibility index (Phi) is 9.52. The molecule has 0 bridgehead atoms. The third-order valence-corrected chi connectivity index (χ3v) is 0.538. The summed E-state index contributed by atoms with van der Waals surface area (Å²) in [5.41, 5.74) is 0. The molecule has 0 aliphatic carbocycles. The van der Waals surface area contributed by atoms with Gasteiger partial charge in [-0.05, 0) is 26.1 Å². The maximum absolute atomic E-state index is 4.85. The van der Waals surface area contributed by atoms with Crippen LogP contribution in [0.1, 0.15) is 13.8 Å². The fraction of sp³-hybridized carbons (Fsp3) is 0.750. The Balaban J connectivity index is 0. The summed E-state index contributed by atoms with van der Waals surface area (Å²) >= 11 is 8.26. The van der Waals surface area contributed by atoms with Crippen molar-refractivity contribution < 1.29 is 4.74 Å². The molecule has 0 rings (SSSR count). The summed E-state index contributed by atoms with van der Waals surface area (Å²) in [6.45, 7) is 3.81. The van der Waals surface area contributed by atoms with Gasteiger partial charge in [0, 0.05) is 0 Å². The van der Waals surface area contributed by atoms with E-state index in [1.165, 1.54) is 0 Å². The molecule has 0 aromatic heterocycles. The van der Waals surface area contributed by atoms with E-state index in [1.54, 1.807) is 0 Å². The number of hydrogen-bond acceptors (Lipinski definition) is 2. The van der Waals surface area contributed by atoms with Crippen LogP contribution in [0.15, 0.2) is 0 Å². The van der Waals surface area contributed by atoms with Crippen LogP contribution >= 0.6 is 24.8 Å². The van der Waals surface area contributed by atoms with Gasteiger partial charge in [-0.1, -0.05) is 12.6 Å². The first kappa shape index (κ1) is 12.0. The second-order valence-electron chi connectivity index (χ2n) is 1.43. The van der Waals surface area contributed by atoms with Crippen molar-refractivity contribution in [2.75, 3.05) is 0 Å². The van der Waals surface area contributed by atoms with Crippen molar-refractivity contribution in [3.05, 3.63) is 0 Å². The zero-order chi connectivity index (χ0) is 5.86. The van der Waals surface area contributed by atoms with E-state index in [0.29, 0.717) is 4.38 Å². The predicted molar refractivity (Wildman–Crippen MR) is 45.0 cm³/mol. The molecule has 0 atom stereocenters. The average molecular weight is 160 g/mol. The van der Waals surface area contributed by atoms with Gasteiger partial charge in [0.05, 0.1) is 6.10 Å². The molecular formula is C4H9NaOS2. The van der Waals surface area contributed by atoms with E-state index < -0.39 is 0 Å². The van der Waals surface area contributed by atoms with Gasteiger partial charge in [-0.3, -0.25) is 0 Å². The molecule has 0 amide bonds. The molecule has 0 saturated heterocycles. The molecule has 0 unspecified atom stereocenters. The van der Waals surface area contributed by atoms with E-state index in [9.17, 15) is 0 Å². The molecule has 0 aliphatic rings. The molecule has 44 valence electrons. The number of hydrogen-bond donors (Lipinski definition) is 1. The number of rotatable bonds is 1. The second kappa shape index (κ2) is 6.36. The van der Waals surface area contributed by atoms with Gasteiger partial charge in [0.1, 0.15) is 0 Å². The zero-order valence-corrected chi connectivity index (χ0v) is 6.05. The summed E-state index contributed by atoms with van der Waals surface area (Å²) in [7, 11) is 0. The van der Waals surface area contributed by atoms with Crippen molar-refractivity contribution >= 4 is 58.8 Å². The van der Waals surface area contributed by atoms with Crippen LogP contribution in [-0.2, 0) is 4.74 Å². The van der Waals surface area contributed by atoms with Gasteiger partial charge in [-0.2, -0.15) is 0 Å². The minimum atomic E-state index is 0. The van der Waals surface area contributed by atoms with Crippen molar-refractivity contribution in [1.29, 1.82) is 0 Å². The van der Waals surface area contributed by atoms with Crippen LogP contribution in [-0.4, -0.2) is 40.0 Å². The van der Waals surface area contributed by atoms with E-state index >= 15 is 0 Å². The summed E-state index contributed by atoms with van der Waals surface area (Å²) in [4.78, 5) is 0. The van der Waals surface area contributed by atoms with Gasteiger partial charge >= 0.3 is 29.6 Å². The van der Waals surface area contributed by atoms with Crippen LogP contribution < -0.4 is 0 Å².